The Kier molecular flexibility index (Phi) is 9.07. The first-order chi connectivity index (χ1) is 18.2. The summed E-state index contributed by atoms with van der Waals surface area (Å²) in [5.74, 6) is 2.07. The second-order valence-corrected chi connectivity index (χ2v) is 10.4. The number of halogens is 6. The number of alkyl halides is 3. The fourth-order valence-electron chi connectivity index (χ4n) is 5.54. The third-order valence-electron chi connectivity index (χ3n) is 7.68. The molecule has 1 aliphatic rings. The predicted molar refractivity (Wildman–Crippen MR) is 139 cm³/mol. The molecule has 38 heavy (non-hydrogen) atoms. The lowest BCUT2D eigenvalue weighted by molar-refractivity contribution is -0.142. The molecule has 3 aromatic carbocycles. The summed E-state index contributed by atoms with van der Waals surface area (Å²) >= 11 is 0. The number of fused-ring (bicyclic) bond motifs is 1. The molecular formula is C32H32F6. The molecule has 0 aromatic heterocycles. The van der Waals surface area contributed by atoms with Gasteiger partial charge >= 0.3 is 6.18 Å². The van der Waals surface area contributed by atoms with Gasteiger partial charge < -0.3 is 0 Å². The molecule has 0 radical (unpaired) electrons. The summed E-state index contributed by atoms with van der Waals surface area (Å²) in [6.45, 7) is 2.23. The number of hydrogen-bond donors (Lipinski definition) is 0. The van der Waals surface area contributed by atoms with Crippen LogP contribution in [0.1, 0.15) is 99.3 Å². The van der Waals surface area contributed by atoms with Crippen molar-refractivity contribution in [1.29, 1.82) is 0 Å². The first-order valence-corrected chi connectivity index (χ1v) is 13.5. The van der Waals surface area contributed by atoms with Gasteiger partial charge in [0.1, 0.15) is 23.0 Å². The highest BCUT2D eigenvalue weighted by Gasteiger charge is 2.37. The van der Waals surface area contributed by atoms with E-state index in [1.165, 1.54) is 63.0 Å². The summed E-state index contributed by atoms with van der Waals surface area (Å²) in [6, 6.07) is 9.96. The summed E-state index contributed by atoms with van der Waals surface area (Å²) in [5, 5.41) is 1.13. The highest BCUT2D eigenvalue weighted by atomic mass is 19.4. The van der Waals surface area contributed by atoms with Crippen LogP contribution < -0.4 is 0 Å². The molecule has 0 unspecified atom stereocenters. The van der Waals surface area contributed by atoms with Gasteiger partial charge in [-0.15, -0.1) is 0 Å². The number of rotatable bonds is 7. The van der Waals surface area contributed by atoms with E-state index in [1.54, 1.807) is 12.1 Å². The van der Waals surface area contributed by atoms with Gasteiger partial charge in [-0.3, -0.25) is 0 Å². The minimum absolute atomic E-state index is 0.00501. The first-order valence-electron chi connectivity index (χ1n) is 13.5. The Morgan fingerprint density at radius 3 is 2.13 bits per heavy atom. The summed E-state index contributed by atoms with van der Waals surface area (Å²) in [7, 11) is 0. The zero-order valence-corrected chi connectivity index (χ0v) is 21.5. The van der Waals surface area contributed by atoms with Crippen molar-refractivity contribution >= 4 is 10.8 Å². The van der Waals surface area contributed by atoms with Crippen LogP contribution in [0.2, 0.25) is 0 Å². The molecule has 1 saturated carbocycles. The van der Waals surface area contributed by atoms with Gasteiger partial charge in [-0.05, 0) is 66.7 Å². The van der Waals surface area contributed by atoms with E-state index in [1.807, 2.05) is 12.1 Å². The topological polar surface area (TPSA) is 0 Å². The quantitative estimate of drug-likeness (QED) is 0.162. The van der Waals surface area contributed by atoms with E-state index >= 15 is 4.39 Å². The van der Waals surface area contributed by atoms with Gasteiger partial charge in [0.2, 0.25) is 0 Å². The average Bonchev–Trinajstić information content (AvgIpc) is 2.87. The standard InChI is InChI=1S/C32H32F6/c1-2-3-4-5-6-7-21-8-11-23(12-9-21)25-16-17-27-26(20-25)15-14-24(31(27)35)13-10-22-18-28(33)30(29(34)19-22)32(36,37)38/h14-21,23H,2-9,11-12H2,1H3. The Hall–Kier alpha value is -2.94. The minimum atomic E-state index is -5.16. The van der Waals surface area contributed by atoms with Crippen LogP contribution in [-0.2, 0) is 6.18 Å². The molecule has 0 bridgehead atoms. The molecule has 0 amide bonds. The largest absolute Gasteiger partial charge is 0.422 e. The second kappa shape index (κ2) is 12.3. The van der Waals surface area contributed by atoms with Gasteiger partial charge in [-0.25, -0.2) is 13.2 Å². The van der Waals surface area contributed by atoms with Gasteiger partial charge in [0.05, 0.1) is 5.56 Å². The minimum Gasteiger partial charge on any atom is -0.206 e. The highest BCUT2D eigenvalue weighted by Crippen LogP contribution is 2.39. The fourth-order valence-corrected chi connectivity index (χ4v) is 5.54. The van der Waals surface area contributed by atoms with Gasteiger partial charge in [-0.2, -0.15) is 13.2 Å². The Morgan fingerprint density at radius 1 is 0.789 bits per heavy atom. The molecule has 1 fully saturated rings. The average molecular weight is 531 g/mol. The third-order valence-corrected chi connectivity index (χ3v) is 7.68. The van der Waals surface area contributed by atoms with Crippen LogP contribution in [0.4, 0.5) is 26.3 Å². The van der Waals surface area contributed by atoms with Gasteiger partial charge in [0.15, 0.2) is 0 Å². The second-order valence-electron chi connectivity index (χ2n) is 10.4. The number of benzene rings is 3. The van der Waals surface area contributed by atoms with Crippen molar-refractivity contribution < 1.29 is 26.3 Å². The number of hydrogen-bond acceptors (Lipinski definition) is 0. The predicted octanol–water partition coefficient (Wildman–Crippen LogP) is 10.3. The molecule has 0 aliphatic heterocycles. The molecule has 3 aromatic rings. The third kappa shape index (κ3) is 6.73. The monoisotopic (exact) mass is 530 g/mol. The van der Waals surface area contributed by atoms with Crippen molar-refractivity contribution in [3.63, 3.8) is 0 Å². The molecule has 1 aliphatic carbocycles. The highest BCUT2D eigenvalue weighted by molar-refractivity contribution is 5.85. The van der Waals surface area contributed by atoms with E-state index in [2.05, 4.69) is 18.8 Å². The molecular weight excluding hydrogens is 498 g/mol. The number of unbranched alkanes of at least 4 members (excludes halogenated alkanes) is 4. The lowest BCUT2D eigenvalue weighted by atomic mass is 9.76. The summed E-state index contributed by atoms with van der Waals surface area (Å²) in [4.78, 5) is 0. The zero-order chi connectivity index (χ0) is 27.3. The summed E-state index contributed by atoms with van der Waals surface area (Å²) in [6.07, 6.45) is 7.45. The maximum atomic E-state index is 15.2. The van der Waals surface area contributed by atoms with Crippen LogP contribution >= 0.6 is 0 Å². The smallest absolute Gasteiger partial charge is 0.206 e. The SMILES string of the molecule is CCCCCCCC1CCC(c2ccc3c(F)c(C#Cc4cc(F)c(C(F)(F)F)c(F)c4)ccc3c2)CC1. The molecule has 6 heteroatoms. The van der Waals surface area contributed by atoms with Gasteiger partial charge in [0, 0.05) is 10.9 Å². The Morgan fingerprint density at radius 2 is 1.47 bits per heavy atom. The van der Waals surface area contributed by atoms with Crippen molar-refractivity contribution in [2.45, 2.75) is 83.2 Å². The van der Waals surface area contributed by atoms with Crippen molar-refractivity contribution in [3.8, 4) is 11.8 Å². The van der Waals surface area contributed by atoms with E-state index in [0.717, 1.165) is 24.1 Å². The van der Waals surface area contributed by atoms with Crippen LogP contribution in [-0.4, -0.2) is 0 Å². The first kappa shape index (κ1) is 28.1. The summed E-state index contributed by atoms with van der Waals surface area (Å²) < 4.78 is 81.1. The van der Waals surface area contributed by atoms with Crippen molar-refractivity contribution in [2.24, 2.45) is 5.92 Å². The Labute approximate surface area is 220 Å². The van der Waals surface area contributed by atoms with Crippen LogP contribution in [0.15, 0.2) is 42.5 Å². The van der Waals surface area contributed by atoms with Crippen LogP contribution in [0.25, 0.3) is 10.8 Å². The maximum Gasteiger partial charge on any atom is 0.422 e. The van der Waals surface area contributed by atoms with Crippen LogP contribution in [0.3, 0.4) is 0 Å². The van der Waals surface area contributed by atoms with E-state index in [0.29, 0.717) is 23.4 Å². The summed E-state index contributed by atoms with van der Waals surface area (Å²) in [5.41, 5.74) is -1.07. The normalized spacial score (nSPS) is 17.9. The Bertz CT molecular complexity index is 1300. The molecule has 0 nitrogen and oxygen atoms in total. The van der Waals surface area contributed by atoms with Crippen LogP contribution in [0.5, 0.6) is 0 Å². The van der Waals surface area contributed by atoms with Crippen molar-refractivity contribution in [1.82, 2.24) is 0 Å². The molecule has 0 heterocycles. The molecule has 4 rings (SSSR count). The van der Waals surface area contributed by atoms with E-state index in [4.69, 9.17) is 0 Å². The molecule has 0 N–H and O–H groups in total. The van der Waals surface area contributed by atoms with E-state index in [-0.39, 0.29) is 11.1 Å². The van der Waals surface area contributed by atoms with Crippen LogP contribution in [0, 0.1) is 35.2 Å². The Balaban J connectivity index is 1.44. The molecule has 0 spiro atoms. The molecule has 202 valence electrons. The maximum absolute atomic E-state index is 15.2. The van der Waals surface area contributed by atoms with Gasteiger partial charge in [-0.1, -0.05) is 81.6 Å². The van der Waals surface area contributed by atoms with E-state index in [9.17, 15) is 22.0 Å². The van der Waals surface area contributed by atoms with E-state index < -0.39 is 29.2 Å². The lowest BCUT2D eigenvalue weighted by Crippen LogP contribution is -2.13. The van der Waals surface area contributed by atoms with Crippen molar-refractivity contribution in [3.05, 3.63) is 82.2 Å². The van der Waals surface area contributed by atoms with Crippen molar-refractivity contribution in [2.75, 3.05) is 0 Å². The fraction of sp³-hybridized carbons (Fsp3) is 0.438. The lowest BCUT2D eigenvalue weighted by Gasteiger charge is -2.29. The molecule has 0 atom stereocenters. The van der Waals surface area contributed by atoms with Gasteiger partial charge in [0.25, 0.3) is 0 Å². The zero-order valence-electron chi connectivity index (χ0n) is 21.5. The molecule has 0 saturated heterocycles.